The van der Waals surface area contributed by atoms with Crippen molar-refractivity contribution in [3.8, 4) is 0 Å². The van der Waals surface area contributed by atoms with Gasteiger partial charge in [-0.05, 0) is 45.7 Å². The molecule has 0 aliphatic carbocycles. The summed E-state index contributed by atoms with van der Waals surface area (Å²) >= 11 is 0. The number of benzene rings is 1. The lowest BCUT2D eigenvalue weighted by atomic mass is 10.1. The summed E-state index contributed by atoms with van der Waals surface area (Å²) < 4.78 is 32.2. The maximum absolute atomic E-state index is 10.3. The van der Waals surface area contributed by atoms with Gasteiger partial charge in [-0.1, -0.05) is 76.5 Å². The fourth-order valence-electron chi connectivity index (χ4n) is 3.67. The molecular formula is C24H45NO3S. The summed E-state index contributed by atoms with van der Waals surface area (Å²) in [7, 11) is -4.25. The lowest BCUT2D eigenvalue weighted by Gasteiger charge is -2.35. The van der Waals surface area contributed by atoms with E-state index in [0.717, 1.165) is 0 Å². The van der Waals surface area contributed by atoms with Gasteiger partial charge in [0.15, 0.2) is 0 Å². The first kappa shape index (κ1) is 28.1. The van der Waals surface area contributed by atoms with Crippen molar-refractivity contribution in [1.82, 2.24) is 0 Å². The molecule has 0 atom stereocenters. The molecule has 0 fully saturated rings. The number of unbranched alkanes of at least 4 members (excludes halogenated alkanes) is 9. The van der Waals surface area contributed by atoms with Crippen LogP contribution in [0.5, 0.6) is 0 Å². The average Bonchev–Trinajstić information content (AvgIpc) is 2.73. The van der Waals surface area contributed by atoms with Gasteiger partial charge in [-0.3, -0.25) is 0 Å². The van der Waals surface area contributed by atoms with Crippen molar-refractivity contribution in [2.75, 3.05) is 26.2 Å². The minimum Gasteiger partial charge on any atom is -0.744 e. The van der Waals surface area contributed by atoms with E-state index in [1.54, 1.807) is 6.07 Å². The number of nitrogens with zero attached hydrogens (tertiary/aromatic N) is 1. The lowest BCUT2D eigenvalue weighted by molar-refractivity contribution is -0.923. The summed E-state index contributed by atoms with van der Waals surface area (Å²) in [5.74, 6) is 0. The maximum atomic E-state index is 10.3. The van der Waals surface area contributed by atoms with Crippen molar-refractivity contribution in [3.63, 3.8) is 0 Å². The Balaban J connectivity index is 0.000000651. The molecule has 0 bridgehead atoms. The first-order chi connectivity index (χ1) is 13.8. The van der Waals surface area contributed by atoms with Crippen LogP contribution < -0.4 is 0 Å². The second kappa shape index (κ2) is 16.8. The molecule has 1 rings (SSSR count). The lowest BCUT2D eigenvalue weighted by Crippen LogP contribution is -2.48. The van der Waals surface area contributed by atoms with Crippen LogP contribution in [0.3, 0.4) is 0 Å². The monoisotopic (exact) mass is 427 g/mol. The predicted octanol–water partition coefficient (Wildman–Crippen LogP) is 6.37. The van der Waals surface area contributed by atoms with Gasteiger partial charge < -0.3 is 9.04 Å². The standard InChI is InChI=1S/C18H40N.C6H6O3S/c1-5-9-10-11-12-13-14-15-16-17-18-19(6-2,7-3)8-4;7-10(8,9)6-4-2-1-3-5-6/h5-18H2,1-4H3;1-5H,(H,7,8,9)/q+1;/p-1. The van der Waals surface area contributed by atoms with E-state index in [0.29, 0.717) is 0 Å². The van der Waals surface area contributed by atoms with Crippen molar-refractivity contribution in [2.45, 2.75) is 96.8 Å². The first-order valence-electron chi connectivity index (χ1n) is 11.7. The zero-order valence-corrected chi connectivity index (χ0v) is 20.2. The Kier molecular flexibility index (Phi) is 16.3. The van der Waals surface area contributed by atoms with Gasteiger partial charge in [0.2, 0.25) is 0 Å². The van der Waals surface area contributed by atoms with E-state index in [1.807, 2.05) is 0 Å². The quantitative estimate of drug-likeness (QED) is 0.185. The zero-order chi connectivity index (χ0) is 22.0. The van der Waals surface area contributed by atoms with Gasteiger partial charge in [0.05, 0.1) is 31.1 Å². The molecule has 0 radical (unpaired) electrons. The van der Waals surface area contributed by atoms with Gasteiger partial charge in [0, 0.05) is 0 Å². The Morgan fingerprint density at radius 2 is 1.10 bits per heavy atom. The molecule has 0 saturated heterocycles. The molecule has 0 aromatic heterocycles. The molecule has 0 aliphatic heterocycles. The molecule has 170 valence electrons. The molecule has 1 aromatic rings. The van der Waals surface area contributed by atoms with Crippen molar-refractivity contribution < 1.29 is 17.5 Å². The maximum Gasteiger partial charge on any atom is 0.124 e. The van der Waals surface area contributed by atoms with E-state index in [4.69, 9.17) is 0 Å². The highest BCUT2D eigenvalue weighted by atomic mass is 32.2. The van der Waals surface area contributed by atoms with Crippen molar-refractivity contribution >= 4 is 10.1 Å². The van der Waals surface area contributed by atoms with Gasteiger partial charge in [-0.2, -0.15) is 0 Å². The van der Waals surface area contributed by atoms with Gasteiger partial charge in [0.25, 0.3) is 0 Å². The fraction of sp³-hybridized carbons (Fsp3) is 0.750. The number of hydrogen-bond donors (Lipinski definition) is 0. The molecule has 0 spiro atoms. The second-order valence-electron chi connectivity index (χ2n) is 7.96. The normalized spacial score (nSPS) is 11.8. The van der Waals surface area contributed by atoms with Crippen LogP contribution in [0, 0.1) is 0 Å². The molecule has 0 heterocycles. The highest BCUT2D eigenvalue weighted by molar-refractivity contribution is 7.85. The van der Waals surface area contributed by atoms with Gasteiger partial charge in [-0.15, -0.1) is 0 Å². The van der Waals surface area contributed by atoms with Crippen LogP contribution in [0.15, 0.2) is 35.2 Å². The van der Waals surface area contributed by atoms with Crippen LogP contribution in [0.2, 0.25) is 0 Å². The summed E-state index contributed by atoms with van der Waals surface area (Å²) in [5, 5.41) is 0. The fourth-order valence-corrected chi connectivity index (χ4v) is 4.16. The van der Waals surface area contributed by atoms with Crippen molar-refractivity contribution in [1.29, 1.82) is 0 Å². The van der Waals surface area contributed by atoms with E-state index < -0.39 is 10.1 Å². The Morgan fingerprint density at radius 3 is 1.45 bits per heavy atom. The highest BCUT2D eigenvalue weighted by Gasteiger charge is 2.19. The molecule has 4 nitrogen and oxygen atoms in total. The molecule has 0 N–H and O–H groups in total. The van der Waals surface area contributed by atoms with Crippen LogP contribution in [0.4, 0.5) is 0 Å². The Bertz CT molecular complexity index is 575. The van der Waals surface area contributed by atoms with Crippen LogP contribution in [-0.2, 0) is 10.1 Å². The third-order valence-corrected chi connectivity index (χ3v) is 6.88. The molecule has 0 unspecified atom stereocenters. The first-order valence-corrected chi connectivity index (χ1v) is 13.1. The summed E-state index contributed by atoms with van der Waals surface area (Å²) in [5.41, 5.74) is 0. The number of quaternary nitrogens is 1. The van der Waals surface area contributed by atoms with Crippen LogP contribution in [-0.4, -0.2) is 43.6 Å². The van der Waals surface area contributed by atoms with Crippen molar-refractivity contribution in [2.24, 2.45) is 0 Å². The average molecular weight is 428 g/mol. The topological polar surface area (TPSA) is 57.2 Å². The summed E-state index contributed by atoms with van der Waals surface area (Å²) in [4.78, 5) is -0.185. The molecule has 0 aliphatic rings. The van der Waals surface area contributed by atoms with Gasteiger partial charge in [0.1, 0.15) is 10.1 Å². The number of hydrogen-bond acceptors (Lipinski definition) is 3. The molecule has 29 heavy (non-hydrogen) atoms. The largest absolute Gasteiger partial charge is 0.744 e. The predicted molar refractivity (Wildman–Crippen MR) is 123 cm³/mol. The van der Waals surface area contributed by atoms with E-state index >= 15 is 0 Å². The highest BCUT2D eigenvalue weighted by Crippen LogP contribution is 2.13. The Labute approximate surface area is 181 Å². The minimum absolute atomic E-state index is 0.185. The minimum atomic E-state index is -4.25. The molecular weight excluding hydrogens is 382 g/mol. The molecule has 0 saturated carbocycles. The van der Waals surface area contributed by atoms with Crippen molar-refractivity contribution in [3.05, 3.63) is 30.3 Å². The Hall–Kier alpha value is -0.910. The molecule has 0 amide bonds. The molecule has 1 aromatic carbocycles. The summed E-state index contributed by atoms with van der Waals surface area (Å²) in [6, 6.07) is 7.19. The third-order valence-electron chi connectivity index (χ3n) is 6.03. The zero-order valence-electron chi connectivity index (χ0n) is 19.4. The van der Waals surface area contributed by atoms with Crippen LogP contribution in [0.1, 0.15) is 91.9 Å². The van der Waals surface area contributed by atoms with Gasteiger partial charge in [-0.25, -0.2) is 8.42 Å². The summed E-state index contributed by atoms with van der Waals surface area (Å²) in [6.07, 6.45) is 14.5. The summed E-state index contributed by atoms with van der Waals surface area (Å²) in [6.45, 7) is 14.7. The molecule has 5 heteroatoms. The smallest absolute Gasteiger partial charge is 0.124 e. The van der Waals surface area contributed by atoms with E-state index in [9.17, 15) is 13.0 Å². The van der Waals surface area contributed by atoms with E-state index in [1.165, 1.54) is 119 Å². The second-order valence-corrected chi connectivity index (χ2v) is 9.34. The van der Waals surface area contributed by atoms with E-state index in [-0.39, 0.29) is 4.90 Å². The van der Waals surface area contributed by atoms with Gasteiger partial charge >= 0.3 is 0 Å². The third kappa shape index (κ3) is 13.8. The Morgan fingerprint density at radius 1 is 0.690 bits per heavy atom. The van der Waals surface area contributed by atoms with Crippen LogP contribution in [0.25, 0.3) is 0 Å². The number of rotatable bonds is 15. The van der Waals surface area contributed by atoms with E-state index in [2.05, 4.69) is 27.7 Å². The van der Waals surface area contributed by atoms with Crippen LogP contribution >= 0.6 is 0 Å². The SMILES string of the molecule is CCCCCCCCCCCC[N+](CC)(CC)CC.O=S(=O)([O-])c1ccccc1.